The van der Waals surface area contributed by atoms with Gasteiger partial charge in [0.25, 0.3) is 0 Å². The first-order chi connectivity index (χ1) is 6.50. The van der Waals surface area contributed by atoms with Gasteiger partial charge in [0.2, 0.25) is 0 Å². The molecule has 2 atom stereocenters. The maximum atomic E-state index is 11.4. The van der Waals surface area contributed by atoms with Gasteiger partial charge in [0.1, 0.15) is 5.25 Å². The fraction of sp³-hybridized carbons (Fsp3) is 0.333. The summed E-state index contributed by atoms with van der Waals surface area (Å²) < 4.78 is 23.8. The molecule has 0 amide bonds. The SMILES string of the molecule is NC1CS(=O)(=O)C1c1cccc(Br)c1. The highest BCUT2D eigenvalue weighted by molar-refractivity contribution is 9.10. The molecule has 0 spiro atoms. The van der Waals surface area contributed by atoms with Gasteiger partial charge < -0.3 is 5.73 Å². The Morgan fingerprint density at radius 2 is 2.14 bits per heavy atom. The van der Waals surface area contributed by atoms with Gasteiger partial charge in [-0.15, -0.1) is 0 Å². The Morgan fingerprint density at radius 1 is 1.43 bits per heavy atom. The highest BCUT2D eigenvalue weighted by atomic mass is 79.9. The molecule has 2 N–H and O–H groups in total. The number of hydrogen-bond donors (Lipinski definition) is 1. The lowest BCUT2D eigenvalue weighted by Crippen LogP contribution is -2.50. The van der Waals surface area contributed by atoms with Gasteiger partial charge in [0.05, 0.1) is 5.75 Å². The molecule has 0 saturated carbocycles. The van der Waals surface area contributed by atoms with Crippen LogP contribution in [0.25, 0.3) is 0 Å². The third-order valence-corrected chi connectivity index (χ3v) is 5.12. The minimum Gasteiger partial charge on any atom is -0.325 e. The summed E-state index contributed by atoms with van der Waals surface area (Å²) in [5.74, 6) is 0.101. The first kappa shape index (κ1) is 10.1. The van der Waals surface area contributed by atoms with Crippen molar-refractivity contribution in [2.24, 2.45) is 5.73 Å². The summed E-state index contributed by atoms with van der Waals surface area (Å²) in [4.78, 5) is 0. The van der Waals surface area contributed by atoms with Crippen LogP contribution in [0.4, 0.5) is 0 Å². The molecule has 0 radical (unpaired) electrons. The third kappa shape index (κ3) is 1.60. The fourth-order valence-corrected chi connectivity index (χ4v) is 3.93. The summed E-state index contributed by atoms with van der Waals surface area (Å²) in [6, 6.07) is 7.03. The minimum absolute atomic E-state index is 0.101. The van der Waals surface area contributed by atoms with Crippen molar-refractivity contribution < 1.29 is 8.42 Å². The summed E-state index contributed by atoms with van der Waals surface area (Å²) in [5, 5.41) is -0.514. The van der Waals surface area contributed by atoms with Gasteiger partial charge >= 0.3 is 0 Å². The zero-order valence-electron chi connectivity index (χ0n) is 7.35. The fourth-order valence-electron chi connectivity index (χ4n) is 1.74. The molecule has 2 unspecified atom stereocenters. The molecular formula is C9H10BrNO2S. The second kappa shape index (κ2) is 3.32. The van der Waals surface area contributed by atoms with E-state index < -0.39 is 15.1 Å². The van der Waals surface area contributed by atoms with Gasteiger partial charge in [-0.2, -0.15) is 0 Å². The van der Waals surface area contributed by atoms with Crippen LogP contribution in [0.2, 0.25) is 0 Å². The van der Waals surface area contributed by atoms with Crippen LogP contribution >= 0.6 is 15.9 Å². The number of halogens is 1. The summed E-state index contributed by atoms with van der Waals surface area (Å²) in [5.41, 5.74) is 6.46. The van der Waals surface area contributed by atoms with Crippen molar-refractivity contribution >= 4 is 25.8 Å². The van der Waals surface area contributed by atoms with Crippen LogP contribution in [0, 0.1) is 0 Å². The van der Waals surface area contributed by atoms with Gasteiger partial charge in [0, 0.05) is 10.5 Å². The molecule has 14 heavy (non-hydrogen) atoms. The van der Waals surface area contributed by atoms with Crippen molar-refractivity contribution in [2.75, 3.05) is 5.75 Å². The normalized spacial score (nSPS) is 29.6. The number of sulfone groups is 1. The number of hydrogen-bond acceptors (Lipinski definition) is 3. The molecular weight excluding hydrogens is 266 g/mol. The van der Waals surface area contributed by atoms with E-state index in [1.54, 1.807) is 12.1 Å². The Morgan fingerprint density at radius 3 is 2.64 bits per heavy atom. The van der Waals surface area contributed by atoms with Crippen molar-refractivity contribution in [3.63, 3.8) is 0 Å². The first-order valence-corrected chi connectivity index (χ1v) is 6.74. The van der Waals surface area contributed by atoms with Gasteiger partial charge in [-0.25, -0.2) is 8.42 Å². The monoisotopic (exact) mass is 275 g/mol. The van der Waals surface area contributed by atoms with Gasteiger partial charge in [0.15, 0.2) is 9.84 Å². The van der Waals surface area contributed by atoms with Crippen molar-refractivity contribution in [3.05, 3.63) is 34.3 Å². The van der Waals surface area contributed by atoms with Crippen LogP contribution in [0.15, 0.2) is 28.7 Å². The van der Waals surface area contributed by atoms with Gasteiger partial charge in [-0.3, -0.25) is 0 Å². The molecule has 1 aliphatic rings. The summed E-state index contributed by atoms with van der Waals surface area (Å²) in [6.07, 6.45) is 0. The zero-order chi connectivity index (χ0) is 10.3. The highest BCUT2D eigenvalue weighted by Crippen LogP contribution is 2.36. The minimum atomic E-state index is -2.99. The van der Waals surface area contributed by atoms with Crippen LogP contribution in [-0.2, 0) is 9.84 Å². The quantitative estimate of drug-likeness (QED) is 0.839. The Bertz CT molecular complexity index is 458. The second-order valence-corrected chi connectivity index (χ2v) is 6.55. The topological polar surface area (TPSA) is 60.2 Å². The van der Waals surface area contributed by atoms with Crippen molar-refractivity contribution in [3.8, 4) is 0 Å². The predicted molar refractivity (Wildman–Crippen MR) is 58.6 cm³/mol. The largest absolute Gasteiger partial charge is 0.325 e. The molecule has 1 fully saturated rings. The van der Waals surface area contributed by atoms with E-state index >= 15 is 0 Å². The molecule has 5 heteroatoms. The van der Waals surface area contributed by atoms with Crippen LogP contribution in [0.1, 0.15) is 10.8 Å². The van der Waals surface area contributed by atoms with Crippen LogP contribution in [0.3, 0.4) is 0 Å². The van der Waals surface area contributed by atoms with Crippen molar-refractivity contribution in [2.45, 2.75) is 11.3 Å². The number of nitrogens with two attached hydrogens (primary N) is 1. The predicted octanol–water partition coefficient (Wildman–Crippen LogP) is 1.25. The van der Waals surface area contributed by atoms with Crippen molar-refractivity contribution in [1.82, 2.24) is 0 Å². The van der Waals surface area contributed by atoms with E-state index in [1.807, 2.05) is 12.1 Å². The molecule has 1 aromatic carbocycles. The van der Waals surface area contributed by atoms with E-state index in [1.165, 1.54) is 0 Å². The zero-order valence-corrected chi connectivity index (χ0v) is 9.75. The third-order valence-electron chi connectivity index (χ3n) is 2.38. The first-order valence-electron chi connectivity index (χ1n) is 4.23. The highest BCUT2D eigenvalue weighted by Gasteiger charge is 2.44. The number of rotatable bonds is 1. The summed E-state index contributed by atoms with van der Waals surface area (Å²) >= 11 is 3.31. The number of benzene rings is 1. The van der Waals surface area contributed by atoms with E-state index in [4.69, 9.17) is 5.73 Å². The van der Waals surface area contributed by atoms with E-state index in [0.717, 1.165) is 10.0 Å². The van der Waals surface area contributed by atoms with Gasteiger partial charge in [-0.05, 0) is 17.7 Å². The average molecular weight is 276 g/mol. The summed E-state index contributed by atoms with van der Waals surface area (Å²) in [7, 11) is -2.99. The Labute approximate surface area is 91.4 Å². The molecule has 2 rings (SSSR count). The van der Waals surface area contributed by atoms with Crippen LogP contribution < -0.4 is 5.73 Å². The molecule has 76 valence electrons. The maximum absolute atomic E-state index is 11.4. The lowest BCUT2D eigenvalue weighted by Gasteiger charge is -2.33. The molecule has 1 saturated heterocycles. The van der Waals surface area contributed by atoms with E-state index in [9.17, 15) is 8.42 Å². The lowest BCUT2D eigenvalue weighted by molar-refractivity contribution is 0.523. The lowest BCUT2D eigenvalue weighted by atomic mass is 10.1. The second-order valence-electron chi connectivity index (χ2n) is 3.47. The Hall–Kier alpha value is -0.390. The van der Waals surface area contributed by atoms with Crippen molar-refractivity contribution in [1.29, 1.82) is 0 Å². The van der Waals surface area contributed by atoms with E-state index in [-0.39, 0.29) is 11.8 Å². The van der Waals surface area contributed by atoms with Crippen LogP contribution in [-0.4, -0.2) is 20.2 Å². The molecule has 3 nitrogen and oxygen atoms in total. The van der Waals surface area contributed by atoms with Crippen LogP contribution in [0.5, 0.6) is 0 Å². The smallest absolute Gasteiger partial charge is 0.160 e. The standard InChI is InChI=1S/C9H10BrNO2S/c10-7-3-1-2-6(4-7)9-8(11)5-14(9,12)13/h1-4,8-9H,5,11H2. The maximum Gasteiger partial charge on any atom is 0.160 e. The molecule has 0 aliphatic carbocycles. The average Bonchev–Trinajstić information content (AvgIpc) is 2.01. The van der Waals surface area contributed by atoms with Gasteiger partial charge in [-0.1, -0.05) is 28.1 Å². The van der Waals surface area contributed by atoms with E-state index in [0.29, 0.717) is 0 Å². The molecule has 0 bridgehead atoms. The molecule has 1 aliphatic heterocycles. The Balaban J connectivity index is 2.41. The Kier molecular flexibility index (Phi) is 2.41. The molecule has 1 aromatic rings. The molecule has 1 heterocycles. The molecule has 0 aromatic heterocycles. The summed E-state index contributed by atoms with van der Waals surface area (Å²) in [6.45, 7) is 0. The van der Waals surface area contributed by atoms with E-state index in [2.05, 4.69) is 15.9 Å².